The fourth-order valence-electron chi connectivity index (χ4n) is 2.01. The van der Waals surface area contributed by atoms with Crippen molar-refractivity contribution in [2.75, 3.05) is 11.9 Å². The van der Waals surface area contributed by atoms with E-state index < -0.39 is 29.8 Å². The van der Waals surface area contributed by atoms with E-state index in [1.165, 1.54) is 0 Å². The molecule has 2 radical (unpaired) electrons. The lowest BCUT2D eigenvalue weighted by Gasteiger charge is -2.20. The van der Waals surface area contributed by atoms with Crippen LogP contribution < -0.4 is 21.7 Å². The minimum absolute atomic E-state index is 0.0308. The van der Waals surface area contributed by atoms with Gasteiger partial charge in [0, 0.05) is 5.69 Å². The fraction of sp³-hybridized carbons (Fsp3) is 0.375. The molecule has 9 nitrogen and oxygen atoms in total. The van der Waals surface area contributed by atoms with Gasteiger partial charge in [-0.2, -0.15) is 0 Å². The SMILES string of the molecule is [B]C(=O)OCc1ccc(NC(=O)CNC(=O)C(NC(N)=O)C(C)C)cc1. The van der Waals surface area contributed by atoms with Crippen molar-refractivity contribution in [3.05, 3.63) is 29.8 Å². The smallest absolute Gasteiger partial charge is 0.312 e. The summed E-state index contributed by atoms with van der Waals surface area (Å²) in [6, 6.07) is 4.90. The van der Waals surface area contributed by atoms with Crippen LogP contribution in [-0.4, -0.2) is 44.1 Å². The van der Waals surface area contributed by atoms with Crippen LogP contribution >= 0.6 is 0 Å². The molecule has 1 aromatic carbocycles. The van der Waals surface area contributed by atoms with Gasteiger partial charge in [-0.25, -0.2) is 4.79 Å². The molecule has 0 aromatic heterocycles. The third-order valence-corrected chi connectivity index (χ3v) is 3.29. The number of urea groups is 1. The van der Waals surface area contributed by atoms with E-state index in [2.05, 4.69) is 20.7 Å². The standard InChI is InChI=1S/C16H21BN4O5/c1-9(2)13(21-16(18)25)14(23)19-7-12(22)20-11-5-3-10(4-6-11)8-26-15(17)24/h3-6,9,13H,7-8H2,1-2H3,(H,19,23)(H,20,22)(H3,18,21,25). The summed E-state index contributed by atoms with van der Waals surface area (Å²) in [6.45, 7) is 3.24. The molecule has 0 saturated carbocycles. The molecule has 1 unspecified atom stereocenters. The number of hydrogen-bond acceptors (Lipinski definition) is 5. The topological polar surface area (TPSA) is 140 Å². The molecule has 0 spiro atoms. The maximum Gasteiger partial charge on any atom is 0.312 e. The third kappa shape index (κ3) is 7.69. The molecule has 138 valence electrons. The van der Waals surface area contributed by atoms with E-state index in [1.54, 1.807) is 38.1 Å². The van der Waals surface area contributed by atoms with E-state index in [1.807, 2.05) is 0 Å². The fourth-order valence-corrected chi connectivity index (χ4v) is 2.01. The number of hydrogen-bond donors (Lipinski definition) is 4. The lowest BCUT2D eigenvalue weighted by Crippen LogP contribution is -2.52. The van der Waals surface area contributed by atoms with E-state index in [0.29, 0.717) is 11.3 Å². The summed E-state index contributed by atoms with van der Waals surface area (Å²) in [5.74, 6) is -2.02. The van der Waals surface area contributed by atoms with Crippen LogP contribution in [0.15, 0.2) is 24.3 Å². The Hall–Kier alpha value is -3.04. The number of carbonyl (C=O) groups is 4. The Balaban J connectivity index is 2.49. The van der Waals surface area contributed by atoms with Crippen molar-refractivity contribution in [1.29, 1.82) is 0 Å². The maximum atomic E-state index is 12.0. The van der Waals surface area contributed by atoms with E-state index in [0.717, 1.165) is 0 Å². The van der Waals surface area contributed by atoms with Crippen LogP contribution in [0.4, 0.5) is 15.3 Å². The summed E-state index contributed by atoms with van der Waals surface area (Å²) in [4.78, 5) is 45.4. The number of benzene rings is 1. The van der Waals surface area contributed by atoms with Gasteiger partial charge in [-0.1, -0.05) is 26.0 Å². The van der Waals surface area contributed by atoms with Crippen LogP contribution in [0.25, 0.3) is 0 Å². The van der Waals surface area contributed by atoms with Gasteiger partial charge in [0.2, 0.25) is 25.5 Å². The van der Waals surface area contributed by atoms with Gasteiger partial charge < -0.3 is 26.4 Å². The Morgan fingerprint density at radius 3 is 2.27 bits per heavy atom. The average molecular weight is 360 g/mol. The predicted molar refractivity (Wildman–Crippen MR) is 95.4 cm³/mol. The molecule has 4 amide bonds. The Bertz CT molecular complexity index is 663. The van der Waals surface area contributed by atoms with Crippen molar-refractivity contribution >= 4 is 37.2 Å². The second-order valence-electron chi connectivity index (χ2n) is 5.80. The first-order valence-corrected chi connectivity index (χ1v) is 7.83. The van der Waals surface area contributed by atoms with Crippen molar-refractivity contribution in [2.45, 2.75) is 26.5 Å². The molecule has 5 N–H and O–H groups in total. The first kappa shape index (κ1) is 21.0. The van der Waals surface area contributed by atoms with Crippen molar-refractivity contribution in [1.82, 2.24) is 10.6 Å². The van der Waals surface area contributed by atoms with Gasteiger partial charge in [-0.15, -0.1) is 0 Å². The summed E-state index contributed by atoms with van der Waals surface area (Å²) in [5.41, 5.74) is 6.24. The number of carbonyl (C=O) groups excluding carboxylic acids is 4. The molecular formula is C16H21BN4O5. The van der Waals surface area contributed by atoms with Crippen molar-refractivity contribution in [2.24, 2.45) is 11.7 Å². The maximum absolute atomic E-state index is 12.0. The number of ether oxygens (including phenoxy) is 1. The van der Waals surface area contributed by atoms with Gasteiger partial charge in [-0.3, -0.25) is 14.4 Å². The van der Waals surface area contributed by atoms with Gasteiger partial charge in [0.1, 0.15) is 12.6 Å². The molecule has 1 atom stereocenters. The zero-order valence-electron chi connectivity index (χ0n) is 14.6. The van der Waals surface area contributed by atoms with Gasteiger partial charge >= 0.3 is 6.03 Å². The molecule has 0 fully saturated rings. The van der Waals surface area contributed by atoms with E-state index in [-0.39, 0.29) is 19.1 Å². The molecular weight excluding hydrogens is 339 g/mol. The zero-order valence-corrected chi connectivity index (χ0v) is 14.6. The van der Waals surface area contributed by atoms with Crippen molar-refractivity contribution in [3.63, 3.8) is 0 Å². The molecule has 0 aliphatic heterocycles. The van der Waals surface area contributed by atoms with Crippen LogP contribution in [0.1, 0.15) is 19.4 Å². The van der Waals surface area contributed by atoms with E-state index in [9.17, 15) is 19.2 Å². The number of nitrogens with two attached hydrogens (primary N) is 1. The summed E-state index contributed by atoms with van der Waals surface area (Å²) >= 11 is 0. The summed E-state index contributed by atoms with van der Waals surface area (Å²) < 4.78 is 4.65. The number of amides is 4. The highest BCUT2D eigenvalue weighted by Crippen LogP contribution is 2.10. The monoisotopic (exact) mass is 360 g/mol. The zero-order chi connectivity index (χ0) is 19.7. The molecule has 0 bridgehead atoms. The van der Waals surface area contributed by atoms with Gasteiger partial charge in [-0.05, 0) is 23.6 Å². The number of rotatable bonds is 8. The lowest BCUT2D eigenvalue weighted by atomic mass is 10.0. The highest BCUT2D eigenvalue weighted by molar-refractivity contribution is 6.55. The Kier molecular flexibility index (Phi) is 8.14. The van der Waals surface area contributed by atoms with Crippen LogP contribution in [0, 0.1) is 5.92 Å². The van der Waals surface area contributed by atoms with Crippen molar-refractivity contribution < 1.29 is 23.9 Å². The largest absolute Gasteiger partial charge is 0.470 e. The summed E-state index contributed by atoms with van der Waals surface area (Å²) in [7, 11) is 4.88. The number of anilines is 1. The van der Waals surface area contributed by atoms with Crippen molar-refractivity contribution in [3.8, 4) is 0 Å². The first-order chi connectivity index (χ1) is 12.2. The summed E-state index contributed by atoms with van der Waals surface area (Å²) in [5, 5.41) is 7.37. The second-order valence-corrected chi connectivity index (χ2v) is 5.80. The molecule has 0 saturated heterocycles. The van der Waals surface area contributed by atoms with Gasteiger partial charge in [0.25, 0.3) is 0 Å². The third-order valence-electron chi connectivity index (χ3n) is 3.29. The van der Waals surface area contributed by atoms with Gasteiger partial charge in [0.15, 0.2) is 0 Å². The predicted octanol–water partition coefficient (Wildman–Crippen LogP) is 0.239. The Labute approximate surface area is 152 Å². The highest BCUT2D eigenvalue weighted by Gasteiger charge is 2.23. The second kappa shape index (κ2) is 10.1. The lowest BCUT2D eigenvalue weighted by molar-refractivity contribution is -0.126. The average Bonchev–Trinajstić information content (AvgIpc) is 2.56. The van der Waals surface area contributed by atoms with E-state index >= 15 is 0 Å². The van der Waals surface area contributed by atoms with Crippen LogP contribution in [0.2, 0.25) is 0 Å². The minimum Gasteiger partial charge on any atom is -0.470 e. The molecule has 1 aromatic rings. The molecule has 26 heavy (non-hydrogen) atoms. The molecule has 0 aliphatic rings. The normalized spacial score (nSPS) is 11.3. The molecule has 10 heteroatoms. The van der Waals surface area contributed by atoms with Crippen LogP contribution in [-0.2, 0) is 20.9 Å². The Morgan fingerprint density at radius 2 is 1.77 bits per heavy atom. The molecule has 0 aliphatic carbocycles. The Morgan fingerprint density at radius 1 is 1.15 bits per heavy atom. The minimum atomic E-state index is -0.872. The number of nitrogens with one attached hydrogen (secondary N) is 3. The highest BCUT2D eigenvalue weighted by atomic mass is 16.5. The van der Waals surface area contributed by atoms with Gasteiger partial charge in [0.05, 0.1) is 6.54 Å². The van der Waals surface area contributed by atoms with E-state index in [4.69, 9.17) is 13.6 Å². The quantitative estimate of drug-likeness (QED) is 0.492. The number of primary amides is 1. The van der Waals surface area contributed by atoms with Crippen LogP contribution in [0.3, 0.4) is 0 Å². The van der Waals surface area contributed by atoms with Crippen LogP contribution in [0.5, 0.6) is 0 Å². The molecule has 0 heterocycles. The summed E-state index contributed by atoms with van der Waals surface area (Å²) in [6.07, 6.45) is 0. The first-order valence-electron chi connectivity index (χ1n) is 7.83. The molecule has 1 rings (SSSR count).